The third kappa shape index (κ3) is 4.83. The summed E-state index contributed by atoms with van der Waals surface area (Å²) in [6.07, 6.45) is 0.346. The largest absolute Gasteiger partial charge is 0.340 e. The van der Waals surface area contributed by atoms with Crippen LogP contribution in [0.1, 0.15) is 10.6 Å². The van der Waals surface area contributed by atoms with E-state index in [0.717, 1.165) is 52.8 Å². The van der Waals surface area contributed by atoms with Gasteiger partial charge in [0, 0.05) is 48.5 Å². The van der Waals surface area contributed by atoms with Gasteiger partial charge in [0.05, 0.1) is 20.9 Å². The minimum Gasteiger partial charge on any atom is -0.340 e. The molecule has 8 heteroatoms. The van der Waals surface area contributed by atoms with Crippen LogP contribution >= 0.6 is 50.2 Å². The molecule has 4 rings (SSSR count). The Morgan fingerprint density at radius 2 is 1.93 bits per heavy atom. The Bertz CT molecular complexity index is 966. The van der Waals surface area contributed by atoms with E-state index in [0.29, 0.717) is 11.4 Å². The average molecular weight is 497 g/mol. The lowest BCUT2D eigenvalue weighted by atomic mass is 10.2. The molecule has 1 saturated heterocycles. The fourth-order valence-electron chi connectivity index (χ4n) is 3.23. The maximum Gasteiger partial charge on any atom is 0.228 e. The standard InChI is InChI=1S/C20H19BrClN3OS2/c21-18-6-5-15(28-18)12-24-7-9-25(10-8-24)19(26)11-14-13-27-20(23-14)16-3-1-2-4-17(16)22/h1-6,13H,7-12H2. The number of piperazine rings is 1. The summed E-state index contributed by atoms with van der Waals surface area (Å²) in [4.78, 5) is 23.0. The third-order valence-corrected chi connectivity index (χ3v) is 7.58. The highest BCUT2D eigenvalue weighted by Crippen LogP contribution is 2.30. The topological polar surface area (TPSA) is 36.4 Å². The molecule has 0 bridgehead atoms. The van der Waals surface area contributed by atoms with Crippen molar-refractivity contribution < 1.29 is 4.79 Å². The molecule has 1 fully saturated rings. The van der Waals surface area contributed by atoms with Gasteiger partial charge < -0.3 is 4.90 Å². The monoisotopic (exact) mass is 495 g/mol. The van der Waals surface area contributed by atoms with Crippen molar-refractivity contribution in [3.8, 4) is 10.6 Å². The zero-order valence-corrected chi connectivity index (χ0v) is 19.1. The molecule has 0 aliphatic carbocycles. The summed E-state index contributed by atoms with van der Waals surface area (Å²) in [6.45, 7) is 4.30. The Kier molecular flexibility index (Phi) is 6.48. The first kappa shape index (κ1) is 20.0. The Balaban J connectivity index is 1.31. The lowest BCUT2D eigenvalue weighted by Crippen LogP contribution is -2.48. The van der Waals surface area contributed by atoms with E-state index in [-0.39, 0.29) is 5.91 Å². The summed E-state index contributed by atoms with van der Waals surface area (Å²) in [7, 11) is 0. The molecule has 3 heterocycles. The summed E-state index contributed by atoms with van der Waals surface area (Å²) in [6, 6.07) is 11.9. The van der Waals surface area contributed by atoms with Gasteiger partial charge in [0.1, 0.15) is 5.01 Å². The van der Waals surface area contributed by atoms with Gasteiger partial charge in [-0.1, -0.05) is 29.8 Å². The molecule has 0 spiro atoms. The number of thiazole rings is 1. The van der Waals surface area contributed by atoms with E-state index >= 15 is 0 Å². The van der Waals surface area contributed by atoms with Crippen molar-refractivity contribution >= 4 is 56.1 Å². The normalized spacial score (nSPS) is 15.1. The van der Waals surface area contributed by atoms with E-state index in [1.807, 2.05) is 34.5 Å². The molecule has 0 N–H and O–H groups in total. The van der Waals surface area contributed by atoms with Crippen LogP contribution in [0, 0.1) is 0 Å². The van der Waals surface area contributed by atoms with Gasteiger partial charge in [-0.05, 0) is 34.1 Å². The lowest BCUT2D eigenvalue weighted by molar-refractivity contribution is -0.132. The molecule has 146 valence electrons. The number of halogens is 2. The third-order valence-electron chi connectivity index (χ3n) is 4.72. The number of benzene rings is 1. The van der Waals surface area contributed by atoms with Crippen molar-refractivity contribution in [1.29, 1.82) is 0 Å². The molecule has 0 unspecified atom stereocenters. The van der Waals surface area contributed by atoms with Crippen LogP contribution in [0.2, 0.25) is 5.02 Å². The summed E-state index contributed by atoms with van der Waals surface area (Å²) in [5.74, 6) is 0.148. The quantitative estimate of drug-likeness (QED) is 0.489. The number of hydrogen-bond donors (Lipinski definition) is 0. The van der Waals surface area contributed by atoms with Gasteiger partial charge >= 0.3 is 0 Å². The Labute approximate surface area is 185 Å². The first-order chi connectivity index (χ1) is 13.6. The summed E-state index contributed by atoms with van der Waals surface area (Å²) in [5.41, 5.74) is 1.73. The molecule has 2 aromatic heterocycles. The van der Waals surface area contributed by atoms with Gasteiger partial charge in [0.25, 0.3) is 0 Å². The molecule has 3 aromatic rings. The fraction of sp³-hybridized carbons (Fsp3) is 0.300. The zero-order valence-electron chi connectivity index (χ0n) is 15.1. The molecular formula is C20H19BrClN3OS2. The second kappa shape index (κ2) is 9.05. The number of carbonyl (C=O) groups is 1. The van der Waals surface area contributed by atoms with Gasteiger partial charge in [0.2, 0.25) is 5.91 Å². The highest BCUT2D eigenvalue weighted by molar-refractivity contribution is 9.11. The predicted octanol–water partition coefficient (Wildman–Crippen LogP) is 5.17. The van der Waals surface area contributed by atoms with Crippen molar-refractivity contribution in [1.82, 2.24) is 14.8 Å². The number of hydrogen-bond acceptors (Lipinski definition) is 5. The molecule has 1 aliphatic rings. The van der Waals surface area contributed by atoms with Crippen LogP contribution in [-0.2, 0) is 17.8 Å². The maximum atomic E-state index is 12.7. The minimum atomic E-state index is 0.148. The van der Waals surface area contributed by atoms with Crippen LogP contribution in [-0.4, -0.2) is 46.9 Å². The molecule has 4 nitrogen and oxygen atoms in total. The molecule has 1 aromatic carbocycles. The summed E-state index contributed by atoms with van der Waals surface area (Å²) in [5, 5.41) is 3.51. The minimum absolute atomic E-state index is 0.148. The number of aromatic nitrogens is 1. The first-order valence-corrected chi connectivity index (χ1v) is 11.9. The maximum absolute atomic E-state index is 12.7. The second-order valence-corrected chi connectivity index (χ2v) is 10.5. The van der Waals surface area contributed by atoms with E-state index < -0.39 is 0 Å². The number of rotatable bonds is 5. The number of carbonyl (C=O) groups excluding carboxylic acids is 1. The molecule has 28 heavy (non-hydrogen) atoms. The first-order valence-electron chi connectivity index (χ1n) is 9.02. The van der Waals surface area contributed by atoms with E-state index in [4.69, 9.17) is 11.6 Å². The van der Waals surface area contributed by atoms with Gasteiger partial charge in [-0.25, -0.2) is 4.98 Å². The zero-order chi connectivity index (χ0) is 19.5. The van der Waals surface area contributed by atoms with Gasteiger partial charge in [0.15, 0.2) is 0 Å². The van der Waals surface area contributed by atoms with Crippen molar-refractivity contribution in [2.24, 2.45) is 0 Å². The molecule has 0 atom stereocenters. The Morgan fingerprint density at radius 3 is 2.64 bits per heavy atom. The number of amides is 1. The van der Waals surface area contributed by atoms with Crippen LogP contribution in [0.3, 0.4) is 0 Å². The van der Waals surface area contributed by atoms with Crippen molar-refractivity contribution in [2.75, 3.05) is 26.2 Å². The van der Waals surface area contributed by atoms with Crippen LogP contribution in [0.4, 0.5) is 0 Å². The predicted molar refractivity (Wildman–Crippen MR) is 120 cm³/mol. The van der Waals surface area contributed by atoms with E-state index in [1.54, 1.807) is 11.3 Å². The lowest BCUT2D eigenvalue weighted by Gasteiger charge is -2.34. The van der Waals surface area contributed by atoms with E-state index in [2.05, 4.69) is 37.9 Å². The van der Waals surface area contributed by atoms with Crippen LogP contribution in [0.15, 0.2) is 45.6 Å². The smallest absolute Gasteiger partial charge is 0.228 e. The summed E-state index contributed by atoms with van der Waals surface area (Å²) >= 11 is 13.1. The van der Waals surface area contributed by atoms with Crippen molar-refractivity contribution in [2.45, 2.75) is 13.0 Å². The molecule has 0 saturated carbocycles. The van der Waals surface area contributed by atoms with Crippen molar-refractivity contribution in [3.63, 3.8) is 0 Å². The fourth-order valence-corrected chi connectivity index (χ4v) is 5.89. The molecule has 1 amide bonds. The second-order valence-electron chi connectivity index (χ2n) is 6.66. The number of thiophene rings is 1. The van der Waals surface area contributed by atoms with Gasteiger partial charge in [-0.3, -0.25) is 9.69 Å². The van der Waals surface area contributed by atoms with E-state index in [9.17, 15) is 4.79 Å². The molecular weight excluding hydrogens is 478 g/mol. The number of nitrogens with zero attached hydrogens (tertiary/aromatic N) is 3. The average Bonchev–Trinajstić information content (AvgIpc) is 3.31. The SMILES string of the molecule is O=C(Cc1csc(-c2ccccc2Cl)n1)N1CCN(Cc2ccc(Br)s2)CC1. The highest BCUT2D eigenvalue weighted by atomic mass is 79.9. The van der Waals surface area contributed by atoms with E-state index in [1.165, 1.54) is 16.2 Å². The van der Waals surface area contributed by atoms with Crippen molar-refractivity contribution in [3.05, 3.63) is 61.2 Å². The Morgan fingerprint density at radius 1 is 1.14 bits per heavy atom. The summed E-state index contributed by atoms with van der Waals surface area (Å²) < 4.78 is 1.16. The Hall–Kier alpha value is -1.25. The van der Waals surface area contributed by atoms with Gasteiger partial charge in [-0.2, -0.15) is 0 Å². The highest BCUT2D eigenvalue weighted by Gasteiger charge is 2.22. The van der Waals surface area contributed by atoms with Crippen LogP contribution in [0.25, 0.3) is 10.6 Å². The molecule has 1 aliphatic heterocycles. The van der Waals surface area contributed by atoms with Crippen LogP contribution < -0.4 is 0 Å². The van der Waals surface area contributed by atoms with Crippen LogP contribution in [0.5, 0.6) is 0 Å². The molecule has 0 radical (unpaired) electrons. The van der Waals surface area contributed by atoms with Gasteiger partial charge in [-0.15, -0.1) is 22.7 Å².